The number of rotatable bonds is 10. The van der Waals surface area contributed by atoms with Crippen LogP contribution in [0, 0.1) is 5.41 Å². The Morgan fingerprint density at radius 2 is 2.04 bits per heavy atom. The molecule has 0 bridgehead atoms. The second-order valence-electron chi connectivity index (χ2n) is 6.91. The molecule has 0 unspecified atom stereocenters. The molecular weight excluding hydrogens is 455 g/mol. The van der Waals surface area contributed by atoms with Crippen molar-refractivity contribution >= 4 is 29.9 Å². The highest BCUT2D eigenvalue weighted by Crippen LogP contribution is 2.40. The molecule has 0 aromatic carbocycles. The normalized spacial score (nSPS) is 15.9. The molecule has 1 aliphatic rings. The molecule has 0 aliphatic heterocycles. The Morgan fingerprint density at radius 3 is 2.70 bits per heavy atom. The molecule has 7 heteroatoms. The number of aliphatic imine (C=N–C) groups is 1. The average Bonchev–Trinajstić information content (AvgIpc) is 3.13. The van der Waals surface area contributed by atoms with Crippen LogP contribution in [0.2, 0.25) is 0 Å². The van der Waals surface area contributed by atoms with E-state index in [-0.39, 0.29) is 24.0 Å². The molecule has 0 atom stereocenters. The van der Waals surface area contributed by atoms with Gasteiger partial charge in [-0.3, -0.25) is 0 Å². The largest absolute Gasteiger partial charge is 0.481 e. The van der Waals surface area contributed by atoms with E-state index in [1.807, 2.05) is 12.1 Å². The molecule has 2 N–H and O–H groups in total. The van der Waals surface area contributed by atoms with Crippen LogP contribution in [0.1, 0.15) is 51.5 Å². The first kappa shape index (κ1) is 23.9. The van der Waals surface area contributed by atoms with Crippen LogP contribution in [0.4, 0.5) is 0 Å². The van der Waals surface area contributed by atoms with Gasteiger partial charge in [0.1, 0.15) is 0 Å². The molecule has 1 aliphatic carbocycles. The van der Waals surface area contributed by atoms with Crippen molar-refractivity contribution in [2.24, 2.45) is 10.4 Å². The number of hydrogen-bond donors (Lipinski definition) is 2. The maximum absolute atomic E-state index is 5.61. The van der Waals surface area contributed by atoms with Crippen LogP contribution < -0.4 is 15.4 Å². The maximum Gasteiger partial charge on any atom is 0.213 e. The summed E-state index contributed by atoms with van der Waals surface area (Å²) >= 11 is 0. The minimum absolute atomic E-state index is 0. The molecule has 0 amide bonds. The van der Waals surface area contributed by atoms with Gasteiger partial charge < -0.3 is 20.1 Å². The van der Waals surface area contributed by atoms with Gasteiger partial charge in [0.05, 0.1) is 13.7 Å². The Labute approximate surface area is 180 Å². The summed E-state index contributed by atoms with van der Waals surface area (Å²) in [6.07, 6.45) is 8.05. The fraction of sp³-hybridized carbons (Fsp3) is 0.700. The highest BCUT2D eigenvalue weighted by molar-refractivity contribution is 14.0. The number of nitrogens with one attached hydrogen (secondary N) is 2. The molecule has 1 saturated carbocycles. The summed E-state index contributed by atoms with van der Waals surface area (Å²) in [6, 6.07) is 3.89. The van der Waals surface area contributed by atoms with Crippen LogP contribution in [0.3, 0.4) is 0 Å². The van der Waals surface area contributed by atoms with Crippen LogP contribution in [0.25, 0.3) is 0 Å². The van der Waals surface area contributed by atoms with Crippen molar-refractivity contribution in [3.8, 4) is 5.88 Å². The minimum atomic E-state index is 0. The summed E-state index contributed by atoms with van der Waals surface area (Å²) in [5.41, 5.74) is 1.42. The number of aromatic nitrogens is 1. The zero-order valence-electron chi connectivity index (χ0n) is 16.9. The molecule has 2 rings (SSSR count). The predicted molar refractivity (Wildman–Crippen MR) is 121 cm³/mol. The van der Waals surface area contributed by atoms with E-state index in [2.05, 4.69) is 29.5 Å². The molecule has 1 heterocycles. The van der Waals surface area contributed by atoms with Crippen molar-refractivity contribution in [3.63, 3.8) is 0 Å². The van der Waals surface area contributed by atoms with E-state index in [4.69, 9.17) is 14.5 Å². The number of guanidine groups is 1. The van der Waals surface area contributed by atoms with E-state index in [0.29, 0.717) is 17.8 Å². The van der Waals surface area contributed by atoms with Gasteiger partial charge in [-0.05, 0) is 50.2 Å². The van der Waals surface area contributed by atoms with Gasteiger partial charge in [-0.25, -0.2) is 9.98 Å². The van der Waals surface area contributed by atoms with E-state index in [0.717, 1.165) is 44.2 Å². The first-order valence-electron chi connectivity index (χ1n) is 9.80. The SMILES string of the molecule is CCNC(=NCc1ccnc(OC)c1)NCC1(CCOCC)CCCC1.I. The summed E-state index contributed by atoms with van der Waals surface area (Å²) < 4.78 is 10.8. The van der Waals surface area contributed by atoms with Crippen LogP contribution in [0.15, 0.2) is 23.3 Å². The predicted octanol–water partition coefficient (Wildman–Crippen LogP) is 3.75. The van der Waals surface area contributed by atoms with Crippen LogP contribution in [0.5, 0.6) is 5.88 Å². The smallest absolute Gasteiger partial charge is 0.213 e. The third kappa shape index (κ3) is 8.21. The lowest BCUT2D eigenvalue weighted by Gasteiger charge is -2.30. The molecule has 0 radical (unpaired) electrons. The molecule has 0 spiro atoms. The standard InChI is InChI=1S/C20H34N4O2.HI/c1-4-21-19(23-15-17-8-12-22-18(14-17)25-3)24-16-20(9-6-7-10-20)11-13-26-5-2;/h8,12,14H,4-7,9-11,13,15-16H2,1-3H3,(H2,21,23,24);1H. The maximum atomic E-state index is 5.61. The topological polar surface area (TPSA) is 67.8 Å². The number of methoxy groups -OCH3 is 1. The van der Waals surface area contributed by atoms with Crippen molar-refractivity contribution in [2.75, 3.05) is 33.4 Å². The van der Waals surface area contributed by atoms with Crippen molar-refractivity contribution in [1.82, 2.24) is 15.6 Å². The zero-order chi connectivity index (χ0) is 18.7. The van der Waals surface area contributed by atoms with Gasteiger partial charge in [0.25, 0.3) is 0 Å². The van der Waals surface area contributed by atoms with Gasteiger partial charge in [0, 0.05) is 38.6 Å². The second-order valence-corrected chi connectivity index (χ2v) is 6.91. The van der Waals surface area contributed by atoms with E-state index in [9.17, 15) is 0 Å². The number of pyridine rings is 1. The van der Waals surface area contributed by atoms with Crippen molar-refractivity contribution < 1.29 is 9.47 Å². The van der Waals surface area contributed by atoms with Gasteiger partial charge in [-0.15, -0.1) is 24.0 Å². The highest BCUT2D eigenvalue weighted by Gasteiger charge is 2.33. The van der Waals surface area contributed by atoms with Crippen LogP contribution in [-0.4, -0.2) is 44.4 Å². The molecule has 6 nitrogen and oxygen atoms in total. The zero-order valence-corrected chi connectivity index (χ0v) is 19.3. The monoisotopic (exact) mass is 490 g/mol. The molecular formula is C20H35IN4O2. The molecule has 154 valence electrons. The Kier molecular flexibility index (Phi) is 11.7. The van der Waals surface area contributed by atoms with Gasteiger partial charge in [-0.2, -0.15) is 0 Å². The number of hydrogen-bond acceptors (Lipinski definition) is 4. The first-order valence-corrected chi connectivity index (χ1v) is 9.80. The molecule has 0 saturated heterocycles. The molecule has 1 aromatic rings. The van der Waals surface area contributed by atoms with Gasteiger partial charge in [0.15, 0.2) is 5.96 Å². The van der Waals surface area contributed by atoms with Gasteiger partial charge in [-0.1, -0.05) is 12.8 Å². The Balaban J connectivity index is 0.00000364. The lowest BCUT2D eigenvalue weighted by Crippen LogP contribution is -2.43. The van der Waals surface area contributed by atoms with E-state index < -0.39 is 0 Å². The third-order valence-corrected chi connectivity index (χ3v) is 5.05. The summed E-state index contributed by atoms with van der Waals surface area (Å²) in [5.74, 6) is 1.49. The first-order chi connectivity index (χ1) is 12.7. The quantitative estimate of drug-likeness (QED) is 0.226. The van der Waals surface area contributed by atoms with Gasteiger partial charge in [0.2, 0.25) is 5.88 Å². The van der Waals surface area contributed by atoms with Crippen molar-refractivity contribution in [2.45, 2.75) is 52.5 Å². The van der Waals surface area contributed by atoms with Crippen molar-refractivity contribution in [1.29, 1.82) is 0 Å². The Morgan fingerprint density at radius 1 is 1.26 bits per heavy atom. The van der Waals surface area contributed by atoms with Crippen LogP contribution >= 0.6 is 24.0 Å². The van der Waals surface area contributed by atoms with E-state index in [1.54, 1.807) is 13.3 Å². The lowest BCUT2D eigenvalue weighted by molar-refractivity contribution is 0.105. The summed E-state index contributed by atoms with van der Waals surface area (Å²) in [7, 11) is 1.63. The third-order valence-electron chi connectivity index (χ3n) is 5.05. The van der Waals surface area contributed by atoms with E-state index in [1.165, 1.54) is 25.7 Å². The van der Waals surface area contributed by atoms with E-state index >= 15 is 0 Å². The minimum Gasteiger partial charge on any atom is -0.481 e. The average molecular weight is 490 g/mol. The lowest BCUT2D eigenvalue weighted by atomic mass is 9.83. The van der Waals surface area contributed by atoms with Crippen LogP contribution in [-0.2, 0) is 11.3 Å². The number of nitrogens with zero attached hydrogens (tertiary/aromatic N) is 2. The fourth-order valence-corrected chi connectivity index (χ4v) is 3.52. The summed E-state index contributed by atoms with van der Waals surface area (Å²) in [6.45, 7) is 8.19. The summed E-state index contributed by atoms with van der Waals surface area (Å²) in [5, 5.41) is 6.92. The fourth-order valence-electron chi connectivity index (χ4n) is 3.52. The molecule has 1 aromatic heterocycles. The molecule has 27 heavy (non-hydrogen) atoms. The number of ether oxygens (including phenoxy) is 2. The van der Waals surface area contributed by atoms with Gasteiger partial charge >= 0.3 is 0 Å². The Bertz CT molecular complexity index is 563. The second kappa shape index (κ2) is 13.1. The highest BCUT2D eigenvalue weighted by atomic mass is 127. The summed E-state index contributed by atoms with van der Waals surface area (Å²) in [4.78, 5) is 8.87. The number of halogens is 1. The van der Waals surface area contributed by atoms with Crippen molar-refractivity contribution in [3.05, 3.63) is 23.9 Å². The Hall–Kier alpha value is -1.09. The molecule has 1 fully saturated rings.